The number of pyridine rings is 1. The van der Waals surface area contributed by atoms with Crippen LogP contribution in [0.5, 0.6) is 0 Å². The molecule has 0 spiro atoms. The number of aryl methyl sites for hydroxylation is 3. The smallest absolute Gasteiger partial charge is 0.263 e. The van der Waals surface area contributed by atoms with Gasteiger partial charge in [0.25, 0.3) is 17.4 Å². The first-order valence-corrected chi connectivity index (χ1v) is 10.3. The highest BCUT2D eigenvalue weighted by atomic mass is 16.2. The van der Waals surface area contributed by atoms with Crippen LogP contribution in [-0.2, 0) is 33.0 Å². The molecule has 3 aromatic rings. The van der Waals surface area contributed by atoms with Crippen LogP contribution in [0, 0.1) is 0 Å². The number of amides is 2. The zero-order valence-electron chi connectivity index (χ0n) is 17.7. The van der Waals surface area contributed by atoms with Crippen molar-refractivity contribution in [2.45, 2.75) is 25.9 Å². The Bertz CT molecular complexity index is 1180. The standard InChI is InChI=1S/C23H25N5O3/c1-24-21(29)20-19-9-11-27(22(30)17-12-25-26(2)13-17)14-18(19)15-28(23(20)31)10-8-16-6-4-3-5-7-16/h3-7,12-13,15H,8-11,14H2,1-2H3,(H,24,29). The Labute approximate surface area is 180 Å². The van der Waals surface area contributed by atoms with Crippen LogP contribution in [0.3, 0.4) is 0 Å². The van der Waals surface area contributed by atoms with E-state index in [0.29, 0.717) is 38.0 Å². The molecule has 1 N–H and O–H groups in total. The molecule has 8 heteroatoms. The van der Waals surface area contributed by atoms with Crippen molar-refractivity contribution < 1.29 is 9.59 Å². The number of benzene rings is 1. The largest absolute Gasteiger partial charge is 0.355 e. The maximum Gasteiger partial charge on any atom is 0.263 e. The minimum Gasteiger partial charge on any atom is -0.355 e. The quantitative estimate of drug-likeness (QED) is 0.677. The number of aromatic nitrogens is 3. The number of rotatable bonds is 5. The normalized spacial score (nSPS) is 13.0. The Morgan fingerprint density at radius 3 is 2.61 bits per heavy atom. The van der Waals surface area contributed by atoms with Crippen LogP contribution >= 0.6 is 0 Å². The molecule has 0 radical (unpaired) electrons. The Kier molecular flexibility index (Phi) is 5.70. The molecule has 1 aliphatic heterocycles. The van der Waals surface area contributed by atoms with Gasteiger partial charge in [-0.3, -0.25) is 19.1 Å². The van der Waals surface area contributed by atoms with Crippen molar-refractivity contribution in [2.24, 2.45) is 7.05 Å². The summed E-state index contributed by atoms with van der Waals surface area (Å²) in [5.74, 6) is -0.496. The van der Waals surface area contributed by atoms with E-state index in [1.807, 2.05) is 30.3 Å². The second-order valence-corrected chi connectivity index (χ2v) is 7.70. The monoisotopic (exact) mass is 419 g/mol. The van der Waals surface area contributed by atoms with Crippen LogP contribution in [0.1, 0.15) is 37.4 Å². The van der Waals surface area contributed by atoms with Gasteiger partial charge < -0.3 is 14.8 Å². The lowest BCUT2D eigenvalue weighted by atomic mass is 9.95. The van der Waals surface area contributed by atoms with Gasteiger partial charge in [-0.05, 0) is 29.5 Å². The molecule has 0 fully saturated rings. The van der Waals surface area contributed by atoms with Crippen LogP contribution in [0.15, 0.2) is 53.7 Å². The predicted octanol–water partition coefficient (Wildman–Crippen LogP) is 1.38. The molecule has 8 nitrogen and oxygen atoms in total. The molecule has 4 rings (SSSR count). The van der Waals surface area contributed by atoms with E-state index >= 15 is 0 Å². The molecule has 1 aromatic carbocycles. The number of carbonyl (C=O) groups is 2. The summed E-state index contributed by atoms with van der Waals surface area (Å²) in [4.78, 5) is 40.3. The third-order valence-electron chi connectivity index (χ3n) is 5.65. The van der Waals surface area contributed by atoms with Gasteiger partial charge >= 0.3 is 0 Å². The third-order valence-corrected chi connectivity index (χ3v) is 5.65. The summed E-state index contributed by atoms with van der Waals surface area (Å²) in [7, 11) is 3.29. The van der Waals surface area contributed by atoms with Gasteiger partial charge in [0, 0.05) is 46.1 Å². The van der Waals surface area contributed by atoms with Crippen LogP contribution in [0.4, 0.5) is 0 Å². The zero-order chi connectivity index (χ0) is 22.0. The number of hydrogen-bond donors (Lipinski definition) is 1. The number of hydrogen-bond acceptors (Lipinski definition) is 4. The third kappa shape index (κ3) is 4.14. The molecule has 3 heterocycles. The van der Waals surface area contributed by atoms with Crippen LogP contribution in [0.2, 0.25) is 0 Å². The first-order chi connectivity index (χ1) is 15.0. The SMILES string of the molecule is CNC(=O)c1c2c(cn(CCc3ccccc3)c1=O)CN(C(=O)c1cnn(C)c1)CC2. The molecule has 0 unspecified atom stereocenters. The number of carbonyl (C=O) groups excluding carboxylic acids is 2. The second-order valence-electron chi connectivity index (χ2n) is 7.70. The van der Waals surface area contributed by atoms with Gasteiger partial charge in [-0.2, -0.15) is 5.10 Å². The first kappa shape index (κ1) is 20.6. The highest BCUT2D eigenvalue weighted by molar-refractivity contribution is 5.96. The molecule has 0 aliphatic carbocycles. The number of nitrogens with one attached hydrogen (secondary N) is 1. The lowest BCUT2D eigenvalue weighted by molar-refractivity contribution is 0.0734. The lowest BCUT2D eigenvalue weighted by Crippen LogP contribution is -2.41. The van der Waals surface area contributed by atoms with Gasteiger partial charge in [-0.15, -0.1) is 0 Å². The number of fused-ring (bicyclic) bond motifs is 1. The van der Waals surface area contributed by atoms with Crippen molar-refractivity contribution in [3.8, 4) is 0 Å². The Morgan fingerprint density at radius 1 is 1.16 bits per heavy atom. The Morgan fingerprint density at radius 2 is 1.94 bits per heavy atom. The van der Waals surface area contributed by atoms with E-state index in [4.69, 9.17) is 0 Å². The van der Waals surface area contributed by atoms with Gasteiger partial charge in [0.05, 0.1) is 11.8 Å². The van der Waals surface area contributed by atoms with Crippen molar-refractivity contribution in [1.29, 1.82) is 0 Å². The molecular weight excluding hydrogens is 394 g/mol. The topological polar surface area (TPSA) is 89.2 Å². The van der Waals surface area contributed by atoms with Gasteiger partial charge in [0.15, 0.2) is 0 Å². The Balaban J connectivity index is 1.67. The summed E-state index contributed by atoms with van der Waals surface area (Å²) in [5, 5.41) is 6.67. The van der Waals surface area contributed by atoms with Crippen molar-refractivity contribution in [1.82, 2.24) is 24.6 Å². The molecule has 2 amide bonds. The highest BCUT2D eigenvalue weighted by Gasteiger charge is 2.28. The molecule has 0 saturated heterocycles. The van der Waals surface area contributed by atoms with E-state index in [0.717, 1.165) is 16.7 Å². The molecule has 31 heavy (non-hydrogen) atoms. The van der Waals surface area contributed by atoms with E-state index in [-0.39, 0.29) is 22.9 Å². The lowest BCUT2D eigenvalue weighted by Gasteiger charge is -2.30. The molecule has 160 valence electrons. The van der Waals surface area contributed by atoms with E-state index < -0.39 is 0 Å². The van der Waals surface area contributed by atoms with E-state index in [1.54, 1.807) is 39.8 Å². The second kappa shape index (κ2) is 8.59. The molecular formula is C23H25N5O3. The van der Waals surface area contributed by atoms with Crippen LogP contribution < -0.4 is 10.9 Å². The minimum atomic E-state index is -0.387. The predicted molar refractivity (Wildman–Crippen MR) is 116 cm³/mol. The van der Waals surface area contributed by atoms with Crippen LogP contribution in [-0.4, -0.2) is 44.7 Å². The Hall–Kier alpha value is -3.68. The summed E-state index contributed by atoms with van der Waals surface area (Å²) in [6, 6.07) is 9.90. The number of nitrogens with zero attached hydrogens (tertiary/aromatic N) is 4. The van der Waals surface area contributed by atoms with Gasteiger partial charge in [0.2, 0.25) is 0 Å². The average Bonchev–Trinajstić information content (AvgIpc) is 3.23. The summed E-state index contributed by atoms with van der Waals surface area (Å²) >= 11 is 0. The summed E-state index contributed by atoms with van der Waals surface area (Å²) in [5.41, 5.74) is 3.09. The fourth-order valence-corrected chi connectivity index (χ4v) is 4.02. The molecule has 0 atom stereocenters. The first-order valence-electron chi connectivity index (χ1n) is 10.3. The minimum absolute atomic E-state index is 0.109. The molecule has 0 saturated carbocycles. The van der Waals surface area contributed by atoms with Crippen molar-refractivity contribution in [3.63, 3.8) is 0 Å². The molecule has 1 aliphatic rings. The zero-order valence-corrected chi connectivity index (χ0v) is 17.7. The van der Waals surface area contributed by atoms with Crippen molar-refractivity contribution >= 4 is 11.8 Å². The van der Waals surface area contributed by atoms with Crippen molar-refractivity contribution in [3.05, 3.63) is 87.1 Å². The van der Waals surface area contributed by atoms with Gasteiger partial charge in [-0.25, -0.2) is 0 Å². The van der Waals surface area contributed by atoms with Gasteiger partial charge in [-0.1, -0.05) is 30.3 Å². The summed E-state index contributed by atoms with van der Waals surface area (Å²) < 4.78 is 3.19. The summed E-state index contributed by atoms with van der Waals surface area (Å²) in [6.07, 6.45) is 6.17. The fourth-order valence-electron chi connectivity index (χ4n) is 4.02. The maximum absolute atomic E-state index is 13.1. The van der Waals surface area contributed by atoms with E-state index in [1.165, 1.54) is 7.05 Å². The maximum atomic E-state index is 13.1. The average molecular weight is 419 g/mol. The molecule has 2 aromatic heterocycles. The van der Waals surface area contributed by atoms with E-state index in [2.05, 4.69) is 10.4 Å². The van der Waals surface area contributed by atoms with E-state index in [9.17, 15) is 14.4 Å². The molecule has 0 bridgehead atoms. The van der Waals surface area contributed by atoms with Crippen molar-refractivity contribution in [2.75, 3.05) is 13.6 Å². The fraction of sp³-hybridized carbons (Fsp3) is 0.304. The van der Waals surface area contributed by atoms with Gasteiger partial charge in [0.1, 0.15) is 5.56 Å². The highest BCUT2D eigenvalue weighted by Crippen LogP contribution is 2.22. The summed E-state index contributed by atoms with van der Waals surface area (Å²) in [6.45, 7) is 1.24. The van der Waals surface area contributed by atoms with Crippen LogP contribution in [0.25, 0.3) is 0 Å².